The standard InChI is InChI=1S/C13H20N2O3/c1-9(16)15-8-11(7-14)10-4-5-12(17-2)13(6-10)18-3/h4-6,11H,7-8,14H2,1-3H3,(H,15,16). The van der Waals surface area contributed by atoms with E-state index in [9.17, 15) is 4.79 Å². The Bertz CT molecular complexity index is 407. The fourth-order valence-electron chi connectivity index (χ4n) is 1.71. The number of hydrogen-bond acceptors (Lipinski definition) is 4. The highest BCUT2D eigenvalue weighted by Crippen LogP contribution is 2.30. The van der Waals surface area contributed by atoms with E-state index in [-0.39, 0.29) is 11.8 Å². The molecule has 0 bridgehead atoms. The van der Waals surface area contributed by atoms with Gasteiger partial charge in [0.1, 0.15) is 0 Å². The first-order valence-corrected chi connectivity index (χ1v) is 5.78. The lowest BCUT2D eigenvalue weighted by Gasteiger charge is -2.17. The maximum Gasteiger partial charge on any atom is 0.216 e. The Balaban J connectivity index is 2.88. The second-order valence-corrected chi connectivity index (χ2v) is 3.98. The van der Waals surface area contributed by atoms with Crippen molar-refractivity contribution in [3.63, 3.8) is 0 Å². The lowest BCUT2D eigenvalue weighted by molar-refractivity contribution is -0.119. The van der Waals surface area contributed by atoms with Crippen molar-refractivity contribution in [2.45, 2.75) is 12.8 Å². The van der Waals surface area contributed by atoms with Crippen molar-refractivity contribution in [2.75, 3.05) is 27.3 Å². The van der Waals surface area contributed by atoms with Gasteiger partial charge >= 0.3 is 0 Å². The van der Waals surface area contributed by atoms with Crippen LogP contribution in [0.3, 0.4) is 0 Å². The lowest BCUT2D eigenvalue weighted by atomic mass is 9.98. The molecule has 0 heterocycles. The van der Waals surface area contributed by atoms with Gasteiger partial charge < -0.3 is 20.5 Å². The molecule has 0 radical (unpaired) electrons. The van der Waals surface area contributed by atoms with Crippen molar-refractivity contribution in [3.8, 4) is 11.5 Å². The predicted molar refractivity (Wildman–Crippen MR) is 70.0 cm³/mol. The zero-order valence-corrected chi connectivity index (χ0v) is 11.0. The molecule has 0 aliphatic rings. The number of benzene rings is 1. The van der Waals surface area contributed by atoms with Crippen LogP contribution in [0.5, 0.6) is 11.5 Å². The molecule has 0 aromatic heterocycles. The Morgan fingerprint density at radius 2 is 2.00 bits per heavy atom. The zero-order valence-electron chi connectivity index (χ0n) is 11.0. The molecule has 5 heteroatoms. The topological polar surface area (TPSA) is 73.6 Å². The minimum atomic E-state index is -0.0612. The van der Waals surface area contributed by atoms with E-state index in [4.69, 9.17) is 15.2 Å². The minimum Gasteiger partial charge on any atom is -0.493 e. The van der Waals surface area contributed by atoms with Crippen molar-refractivity contribution in [1.29, 1.82) is 0 Å². The molecule has 0 fully saturated rings. The summed E-state index contributed by atoms with van der Waals surface area (Å²) in [6.45, 7) is 2.46. The molecule has 1 aromatic rings. The zero-order chi connectivity index (χ0) is 13.5. The number of nitrogens with two attached hydrogens (primary N) is 1. The van der Waals surface area contributed by atoms with Crippen molar-refractivity contribution in [1.82, 2.24) is 5.32 Å². The van der Waals surface area contributed by atoms with E-state index in [1.165, 1.54) is 6.92 Å². The lowest BCUT2D eigenvalue weighted by Crippen LogP contribution is -2.29. The summed E-state index contributed by atoms with van der Waals surface area (Å²) < 4.78 is 10.4. The third-order valence-electron chi connectivity index (χ3n) is 2.76. The first-order chi connectivity index (χ1) is 8.62. The molecule has 1 rings (SSSR count). The summed E-state index contributed by atoms with van der Waals surface area (Å²) in [5.41, 5.74) is 6.75. The van der Waals surface area contributed by atoms with Gasteiger partial charge in [-0.15, -0.1) is 0 Å². The highest BCUT2D eigenvalue weighted by atomic mass is 16.5. The maximum atomic E-state index is 10.9. The predicted octanol–water partition coefficient (Wildman–Crippen LogP) is 0.882. The van der Waals surface area contributed by atoms with E-state index in [0.29, 0.717) is 24.6 Å². The SMILES string of the molecule is COc1ccc(C(CN)CNC(C)=O)cc1OC. The molecule has 0 aliphatic heterocycles. The number of amides is 1. The molecule has 3 N–H and O–H groups in total. The van der Waals surface area contributed by atoms with Gasteiger partial charge in [-0.2, -0.15) is 0 Å². The van der Waals surface area contributed by atoms with Gasteiger partial charge in [-0.3, -0.25) is 4.79 Å². The third-order valence-corrected chi connectivity index (χ3v) is 2.76. The van der Waals surface area contributed by atoms with Crippen LogP contribution in [0.4, 0.5) is 0 Å². The molecule has 1 aromatic carbocycles. The molecule has 0 spiro atoms. The molecule has 1 atom stereocenters. The summed E-state index contributed by atoms with van der Waals surface area (Å²) in [5.74, 6) is 1.34. The molecule has 0 saturated carbocycles. The van der Waals surface area contributed by atoms with E-state index in [0.717, 1.165) is 5.56 Å². The van der Waals surface area contributed by atoms with Crippen LogP contribution in [0.15, 0.2) is 18.2 Å². The normalized spacial score (nSPS) is 11.8. The highest BCUT2D eigenvalue weighted by Gasteiger charge is 2.13. The Morgan fingerprint density at radius 1 is 1.33 bits per heavy atom. The molecule has 0 aliphatic carbocycles. The van der Waals surface area contributed by atoms with Crippen LogP contribution in [-0.4, -0.2) is 33.2 Å². The van der Waals surface area contributed by atoms with E-state index in [1.54, 1.807) is 14.2 Å². The first-order valence-electron chi connectivity index (χ1n) is 5.78. The number of carbonyl (C=O) groups excluding carboxylic acids is 1. The van der Waals surface area contributed by atoms with E-state index in [1.807, 2.05) is 18.2 Å². The van der Waals surface area contributed by atoms with Crippen LogP contribution in [0.1, 0.15) is 18.4 Å². The third kappa shape index (κ3) is 3.63. The smallest absolute Gasteiger partial charge is 0.216 e. The van der Waals surface area contributed by atoms with Crippen LogP contribution in [-0.2, 0) is 4.79 Å². The summed E-state index contributed by atoms with van der Waals surface area (Å²) in [7, 11) is 3.18. The minimum absolute atomic E-state index is 0.0612. The van der Waals surface area contributed by atoms with Crippen LogP contribution < -0.4 is 20.5 Å². The molecular weight excluding hydrogens is 232 g/mol. The van der Waals surface area contributed by atoms with E-state index >= 15 is 0 Å². The van der Waals surface area contributed by atoms with Crippen molar-refractivity contribution >= 4 is 5.91 Å². The monoisotopic (exact) mass is 252 g/mol. The van der Waals surface area contributed by atoms with Crippen LogP contribution in [0, 0.1) is 0 Å². The quantitative estimate of drug-likeness (QED) is 0.788. The molecule has 5 nitrogen and oxygen atoms in total. The van der Waals surface area contributed by atoms with Gasteiger partial charge in [-0.05, 0) is 17.7 Å². The molecule has 0 saturated heterocycles. The summed E-state index contributed by atoms with van der Waals surface area (Å²) in [5, 5.41) is 2.77. The molecule has 100 valence electrons. The Hall–Kier alpha value is -1.75. The molecule has 18 heavy (non-hydrogen) atoms. The summed E-state index contributed by atoms with van der Waals surface area (Å²) in [6.07, 6.45) is 0. The number of ether oxygens (including phenoxy) is 2. The number of hydrogen-bond donors (Lipinski definition) is 2. The van der Waals surface area contributed by atoms with Crippen molar-refractivity contribution < 1.29 is 14.3 Å². The van der Waals surface area contributed by atoms with Gasteiger partial charge in [0.15, 0.2) is 11.5 Å². The second kappa shape index (κ2) is 6.86. The maximum absolute atomic E-state index is 10.9. The molecule has 1 unspecified atom stereocenters. The average molecular weight is 252 g/mol. The largest absolute Gasteiger partial charge is 0.493 e. The number of nitrogens with one attached hydrogen (secondary N) is 1. The van der Waals surface area contributed by atoms with Crippen molar-refractivity contribution in [3.05, 3.63) is 23.8 Å². The van der Waals surface area contributed by atoms with E-state index < -0.39 is 0 Å². The summed E-state index contributed by atoms with van der Waals surface area (Å²) >= 11 is 0. The van der Waals surface area contributed by atoms with Crippen molar-refractivity contribution in [2.24, 2.45) is 5.73 Å². The number of methoxy groups -OCH3 is 2. The van der Waals surface area contributed by atoms with Crippen LogP contribution >= 0.6 is 0 Å². The van der Waals surface area contributed by atoms with Crippen LogP contribution in [0.2, 0.25) is 0 Å². The van der Waals surface area contributed by atoms with Gasteiger partial charge in [0.25, 0.3) is 0 Å². The second-order valence-electron chi connectivity index (χ2n) is 3.98. The first kappa shape index (κ1) is 14.3. The fourth-order valence-corrected chi connectivity index (χ4v) is 1.71. The highest BCUT2D eigenvalue weighted by molar-refractivity contribution is 5.72. The Kier molecular flexibility index (Phi) is 5.45. The summed E-state index contributed by atoms with van der Waals surface area (Å²) in [4.78, 5) is 10.9. The van der Waals surface area contributed by atoms with E-state index in [2.05, 4.69) is 5.32 Å². The average Bonchev–Trinajstić information content (AvgIpc) is 2.38. The van der Waals surface area contributed by atoms with Gasteiger partial charge in [-0.25, -0.2) is 0 Å². The summed E-state index contributed by atoms with van der Waals surface area (Å²) in [6, 6.07) is 5.66. The number of rotatable bonds is 6. The molecular formula is C13H20N2O3. The van der Waals surface area contributed by atoms with Gasteiger partial charge in [0.2, 0.25) is 5.91 Å². The number of carbonyl (C=O) groups is 1. The Labute approximate surface area is 107 Å². The van der Waals surface area contributed by atoms with Gasteiger partial charge in [-0.1, -0.05) is 6.07 Å². The fraction of sp³-hybridized carbons (Fsp3) is 0.462. The molecule has 1 amide bonds. The van der Waals surface area contributed by atoms with Crippen LogP contribution in [0.25, 0.3) is 0 Å². The van der Waals surface area contributed by atoms with Gasteiger partial charge in [0, 0.05) is 25.9 Å². The Morgan fingerprint density at radius 3 is 2.50 bits per heavy atom. The van der Waals surface area contributed by atoms with Gasteiger partial charge in [0.05, 0.1) is 14.2 Å².